The van der Waals surface area contributed by atoms with E-state index in [0.29, 0.717) is 5.92 Å². The van der Waals surface area contributed by atoms with Crippen molar-refractivity contribution in [1.29, 1.82) is 0 Å². The van der Waals surface area contributed by atoms with Gasteiger partial charge in [0, 0.05) is 6.54 Å². The van der Waals surface area contributed by atoms with Gasteiger partial charge in [0.25, 0.3) is 0 Å². The molecule has 0 amide bonds. The lowest BCUT2D eigenvalue weighted by atomic mass is 9.99. The third kappa shape index (κ3) is 4.31. The molecule has 0 unspecified atom stereocenters. The minimum absolute atomic E-state index is 0.120. The molecule has 0 radical (unpaired) electrons. The monoisotopic (exact) mass is 299 g/mol. The van der Waals surface area contributed by atoms with Gasteiger partial charge in [0.2, 0.25) is 10.0 Å². The molecule has 1 aromatic carbocycles. The largest absolute Gasteiger partial charge is 0.481 e. The Morgan fingerprint density at radius 2 is 1.80 bits per heavy atom. The van der Waals surface area contributed by atoms with Gasteiger partial charge in [-0.05, 0) is 30.0 Å². The van der Waals surface area contributed by atoms with Gasteiger partial charge in [-0.1, -0.05) is 32.9 Å². The normalized spacial score (nSPS) is 14.8. The summed E-state index contributed by atoms with van der Waals surface area (Å²) < 4.78 is 26.3. The molecule has 0 saturated carbocycles. The second-order valence-corrected chi connectivity index (χ2v) is 6.74. The first-order valence-corrected chi connectivity index (χ1v) is 8.08. The van der Waals surface area contributed by atoms with Crippen LogP contribution in [0.5, 0.6) is 0 Å². The molecule has 20 heavy (non-hydrogen) atoms. The highest BCUT2D eigenvalue weighted by Crippen LogP contribution is 2.20. The van der Waals surface area contributed by atoms with Crippen LogP contribution in [0.3, 0.4) is 0 Å². The van der Waals surface area contributed by atoms with Crippen LogP contribution in [0.1, 0.15) is 38.7 Å². The lowest BCUT2D eigenvalue weighted by molar-refractivity contribution is -0.140. The van der Waals surface area contributed by atoms with Crippen molar-refractivity contribution in [2.45, 2.75) is 38.0 Å². The maximum atomic E-state index is 12.0. The number of aliphatic carboxylic acids is 1. The standard InChI is InChI=1S/C14H21NO4S/c1-4-10(2)12-5-7-13(8-6-12)20(18,19)15-9-11(3)14(16)17/h5-8,10-11,15H,4,9H2,1-3H3,(H,16,17)/t10-,11+/m1/s1. The van der Waals surface area contributed by atoms with Gasteiger partial charge in [0.05, 0.1) is 10.8 Å². The number of rotatable bonds is 7. The quantitative estimate of drug-likeness (QED) is 0.808. The van der Waals surface area contributed by atoms with Gasteiger partial charge in [0.15, 0.2) is 0 Å². The van der Waals surface area contributed by atoms with E-state index in [1.807, 2.05) is 0 Å². The molecule has 0 heterocycles. The second kappa shape index (κ2) is 6.85. The molecule has 0 aliphatic rings. The molecular formula is C14H21NO4S. The fourth-order valence-electron chi connectivity index (χ4n) is 1.62. The Morgan fingerprint density at radius 1 is 1.25 bits per heavy atom. The molecule has 5 nitrogen and oxygen atoms in total. The summed E-state index contributed by atoms with van der Waals surface area (Å²) in [6, 6.07) is 6.69. The molecule has 0 aromatic heterocycles. The number of sulfonamides is 1. The number of carboxylic acid groups (broad SMARTS) is 1. The van der Waals surface area contributed by atoms with Crippen LogP contribution >= 0.6 is 0 Å². The molecule has 2 atom stereocenters. The first kappa shape index (κ1) is 16.7. The maximum absolute atomic E-state index is 12.0. The van der Waals surface area contributed by atoms with Gasteiger partial charge in [-0.15, -0.1) is 0 Å². The molecule has 1 rings (SSSR count). The summed E-state index contributed by atoms with van der Waals surface area (Å²) in [5.41, 5.74) is 1.09. The Kier molecular flexibility index (Phi) is 5.71. The molecule has 2 N–H and O–H groups in total. The Labute approximate surface area is 120 Å². The number of benzene rings is 1. The number of nitrogens with one attached hydrogen (secondary N) is 1. The van der Waals surface area contributed by atoms with Crippen LogP contribution in [0.2, 0.25) is 0 Å². The second-order valence-electron chi connectivity index (χ2n) is 4.97. The van der Waals surface area contributed by atoms with E-state index in [9.17, 15) is 13.2 Å². The van der Waals surface area contributed by atoms with Crippen molar-refractivity contribution in [2.24, 2.45) is 5.92 Å². The fraction of sp³-hybridized carbons (Fsp3) is 0.500. The third-order valence-electron chi connectivity index (χ3n) is 3.37. The van der Waals surface area contributed by atoms with Crippen molar-refractivity contribution in [3.63, 3.8) is 0 Å². The molecule has 0 bridgehead atoms. The number of hydrogen-bond acceptors (Lipinski definition) is 3. The van der Waals surface area contributed by atoms with Gasteiger partial charge in [-0.25, -0.2) is 13.1 Å². The van der Waals surface area contributed by atoms with Crippen LogP contribution < -0.4 is 4.72 Å². The molecule has 0 spiro atoms. The average Bonchev–Trinajstić information content (AvgIpc) is 2.44. The van der Waals surface area contributed by atoms with E-state index in [1.165, 1.54) is 6.92 Å². The summed E-state index contributed by atoms with van der Waals surface area (Å²) >= 11 is 0. The molecule has 0 aliphatic carbocycles. The first-order valence-electron chi connectivity index (χ1n) is 6.60. The van der Waals surface area contributed by atoms with Crippen LogP contribution in [-0.2, 0) is 14.8 Å². The zero-order valence-electron chi connectivity index (χ0n) is 12.0. The zero-order chi connectivity index (χ0) is 15.3. The van der Waals surface area contributed by atoms with Crippen LogP contribution in [-0.4, -0.2) is 26.0 Å². The van der Waals surface area contributed by atoms with E-state index in [1.54, 1.807) is 24.3 Å². The van der Waals surface area contributed by atoms with E-state index in [0.717, 1.165) is 12.0 Å². The van der Waals surface area contributed by atoms with Crippen molar-refractivity contribution in [3.8, 4) is 0 Å². The predicted molar refractivity (Wildman–Crippen MR) is 77.1 cm³/mol. The van der Waals surface area contributed by atoms with Crippen molar-refractivity contribution >= 4 is 16.0 Å². The van der Waals surface area contributed by atoms with E-state index >= 15 is 0 Å². The van der Waals surface area contributed by atoms with Crippen molar-refractivity contribution < 1.29 is 18.3 Å². The molecule has 6 heteroatoms. The summed E-state index contributed by atoms with van der Waals surface area (Å²) in [5, 5.41) is 8.74. The number of hydrogen-bond donors (Lipinski definition) is 2. The highest BCUT2D eigenvalue weighted by molar-refractivity contribution is 7.89. The number of carbonyl (C=O) groups is 1. The van der Waals surface area contributed by atoms with Crippen LogP contribution in [0.4, 0.5) is 0 Å². The molecule has 0 fully saturated rings. The Bertz CT molecular complexity index is 551. The van der Waals surface area contributed by atoms with Crippen LogP contribution in [0, 0.1) is 5.92 Å². The van der Waals surface area contributed by atoms with Crippen molar-refractivity contribution in [2.75, 3.05) is 6.54 Å². The minimum Gasteiger partial charge on any atom is -0.481 e. The summed E-state index contributed by atoms with van der Waals surface area (Å²) in [6.07, 6.45) is 0.987. The highest BCUT2D eigenvalue weighted by Gasteiger charge is 2.18. The van der Waals surface area contributed by atoms with Gasteiger partial charge in [0.1, 0.15) is 0 Å². The maximum Gasteiger partial charge on any atom is 0.307 e. The summed E-state index contributed by atoms with van der Waals surface area (Å²) in [4.78, 5) is 10.8. The summed E-state index contributed by atoms with van der Waals surface area (Å²) in [6.45, 7) is 5.49. The lowest BCUT2D eigenvalue weighted by Gasteiger charge is -2.12. The smallest absolute Gasteiger partial charge is 0.307 e. The van der Waals surface area contributed by atoms with E-state index in [-0.39, 0.29) is 11.4 Å². The molecular weight excluding hydrogens is 278 g/mol. The van der Waals surface area contributed by atoms with Gasteiger partial charge < -0.3 is 5.11 Å². The zero-order valence-corrected chi connectivity index (χ0v) is 12.8. The first-order chi connectivity index (χ1) is 9.27. The van der Waals surface area contributed by atoms with E-state index in [4.69, 9.17) is 5.11 Å². The van der Waals surface area contributed by atoms with E-state index in [2.05, 4.69) is 18.6 Å². The minimum atomic E-state index is -3.65. The van der Waals surface area contributed by atoms with Crippen molar-refractivity contribution in [1.82, 2.24) is 4.72 Å². The molecule has 112 valence electrons. The van der Waals surface area contributed by atoms with Gasteiger partial charge >= 0.3 is 5.97 Å². The average molecular weight is 299 g/mol. The molecule has 0 saturated heterocycles. The SMILES string of the molecule is CC[C@@H](C)c1ccc(S(=O)(=O)NC[C@H](C)C(=O)O)cc1. The Balaban J connectivity index is 2.80. The fourth-order valence-corrected chi connectivity index (χ4v) is 2.75. The summed E-state index contributed by atoms with van der Waals surface area (Å²) in [5.74, 6) is -1.41. The van der Waals surface area contributed by atoms with E-state index < -0.39 is 21.9 Å². The van der Waals surface area contributed by atoms with Crippen LogP contribution in [0.25, 0.3) is 0 Å². The van der Waals surface area contributed by atoms with Crippen molar-refractivity contribution in [3.05, 3.63) is 29.8 Å². The highest BCUT2D eigenvalue weighted by atomic mass is 32.2. The van der Waals surface area contributed by atoms with Gasteiger partial charge in [-0.2, -0.15) is 0 Å². The summed E-state index contributed by atoms with van der Waals surface area (Å²) in [7, 11) is -3.65. The number of carboxylic acids is 1. The topological polar surface area (TPSA) is 83.5 Å². The van der Waals surface area contributed by atoms with Crippen LogP contribution in [0.15, 0.2) is 29.2 Å². The Hall–Kier alpha value is -1.40. The lowest BCUT2D eigenvalue weighted by Crippen LogP contribution is -2.31. The Morgan fingerprint density at radius 3 is 2.25 bits per heavy atom. The van der Waals surface area contributed by atoms with Gasteiger partial charge in [-0.3, -0.25) is 4.79 Å². The molecule has 0 aliphatic heterocycles. The third-order valence-corrected chi connectivity index (χ3v) is 4.81. The predicted octanol–water partition coefficient (Wildman–Crippen LogP) is 2.20. The molecule has 1 aromatic rings.